The second-order valence-corrected chi connectivity index (χ2v) is 3.79. The summed E-state index contributed by atoms with van der Waals surface area (Å²) in [5, 5.41) is 9.93. The Morgan fingerprint density at radius 2 is 1.85 bits per heavy atom. The van der Waals surface area contributed by atoms with Crippen molar-refractivity contribution in [2.75, 3.05) is 0 Å². The van der Waals surface area contributed by atoms with E-state index >= 15 is 0 Å². The van der Waals surface area contributed by atoms with Gasteiger partial charge in [-0.25, -0.2) is 8.78 Å². The maximum absolute atomic E-state index is 13.4. The van der Waals surface area contributed by atoms with E-state index in [2.05, 4.69) is 0 Å². The molecule has 1 aromatic rings. The predicted octanol–water partition coefficient (Wildman–Crippen LogP) is 2.16. The van der Waals surface area contributed by atoms with Crippen molar-refractivity contribution in [1.29, 1.82) is 0 Å². The van der Waals surface area contributed by atoms with Gasteiger partial charge in [0, 0.05) is 11.6 Å². The lowest BCUT2D eigenvalue weighted by molar-refractivity contribution is -0.174. The normalized spacial score (nSPS) is 12.8. The van der Waals surface area contributed by atoms with Gasteiger partial charge in [0.1, 0.15) is 11.6 Å². The van der Waals surface area contributed by atoms with Crippen molar-refractivity contribution in [3.63, 3.8) is 0 Å². The largest absolute Gasteiger partial charge is 0.481 e. The van der Waals surface area contributed by atoms with Gasteiger partial charge in [0.05, 0.1) is 12.5 Å². The zero-order valence-corrected chi connectivity index (χ0v) is 9.67. The number of carbonyl (C=O) groups excluding carboxylic acids is 1. The van der Waals surface area contributed by atoms with Gasteiger partial charge in [0.2, 0.25) is 0 Å². The Morgan fingerprint density at radius 1 is 1.25 bits per heavy atom. The van der Waals surface area contributed by atoms with Gasteiger partial charge >= 0.3 is 18.1 Å². The smallest absolute Gasteiger partial charge is 0.471 e. The van der Waals surface area contributed by atoms with E-state index in [9.17, 15) is 31.5 Å². The van der Waals surface area contributed by atoms with E-state index in [0.717, 1.165) is 12.1 Å². The minimum Gasteiger partial charge on any atom is -0.481 e. The number of hydrogen-bond acceptors (Lipinski definition) is 2. The maximum Gasteiger partial charge on any atom is 0.471 e. The van der Waals surface area contributed by atoms with Crippen molar-refractivity contribution in [1.82, 2.24) is 5.32 Å². The molecule has 0 fully saturated rings. The zero-order valence-electron chi connectivity index (χ0n) is 9.67. The molecule has 0 aliphatic rings. The molecule has 2 N–H and O–H groups in total. The second-order valence-electron chi connectivity index (χ2n) is 3.79. The standard InChI is InChI=1S/C11H8F5NO3/c12-5-1-2-6(7(13)3-5)8(4-9(18)19)17-10(20)11(14,15)16/h1-3,8H,4H2,(H,17,20)(H,18,19). The van der Waals surface area contributed by atoms with Gasteiger partial charge in [-0.2, -0.15) is 13.2 Å². The first-order chi connectivity index (χ1) is 9.11. The molecule has 110 valence electrons. The number of carboxylic acids is 1. The Balaban J connectivity index is 3.06. The minimum atomic E-state index is -5.24. The second kappa shape index (κ2) is 5.85. The molecule has 9 heteroatoms. The summed E-state index contributed by atoms with van der Waals surface area (Å²) in [6.45, 7) is 0. The third-order valence-electron chi connectivity index (χ3n) is 2.28. The van der Waals surface area contributed by atoms with Crippen molar-refractivity contribution in [3.8, 4) is 0 Å². The number of hydrogen-bond donors (Lipinski definition) is 2. The molecule has 1 rings (SSSR count). The fourth-order valence-electron chi connectivity index (χ4n) is 1.44. The summed E-state index contributed by atoms with van der Waals surface area (Å²) in [5.74, 6) is -6.20. The molecule has 1 amide bonds. The van der Waals surface area contributed by atoms with E-state index in [1.165, 1.54) is 5.32 Å². The van der Waals surface area contributed by atoms with E-state index in [4.69, 9.17) is 5.11 Å². The number of nitrogens with one attached hydrogen (secondary N) is 1. The lowest BCUT2D eigenvalue weighted by Gasteiger charge is -2.19. The average molecular weight is 297 g/mol. The maximum atomic E-state index is 13.4. The fourth-order valence-corrected chi connectivity index (χ4v) is 1.44. The Kier molecular flexibility index (Phi) is 4.64. The summed E-state index contributed by atoms with van der Waals surface area (Å²) in [4.78, 5) is 21.3. The van der Waals surface area contributed by atoms with Crippen molar-refractivity contribution in [3.05, 3.63) is 35.4 Å². The van der Waals surface area contributed by atoms with Crippen molar-refractivity contribution in [2.24, 2.45) is 0 Å². The molecule has 20 heavy (non-hydrogen) atoms. The minimum absolute atomic E-state index is 0.379. The van der Waals surface area contributed by atoms with Crippen LogP contribution in [0.5, 0.6) is 0 Å². The third kappa shape index (κ3) is 4.18. The zero-order chi connectivity index (χ0) is 15.5. The molecule has 0 aliphatic heterocycles. The van der Waals surface area contributed by atoms with Crippen LogP contribution in [0, 0.1) is 11.6 Å². The summed E-state index contributed by atoms with van der Waals surface area (Å²) < 4.78 is 62.5. The van der Waals surface area contributed by atoms with Crippen molar-refractivity contribution in [2.45, 2.75) is 18.6 Å². The molecule has 1 unspecified atom stereocenters. The lowest BCUT2D eigenvalue weighted by Crippen LogP contribution is -2.40. The van der Waals surface area contributed by atoms with Gasteiger partial charge in [-0.05, 0) is 6.07 Å². The summed E-state index contributed by atoms with van der Waals surface area (Å²) in [5.41, 5.74) is -0.550. The quantitative estimate of drug-likeness (QED) is 0.837. The SMILES string of the molecule is O=C(O)CC(NC(=O)C(F)(F)F)c1ccc(F)cc1F. The lowest BCUT2D eigenvalue weighted by atomic mass is 10.0. The molecule has 1 aromatic carbocycles. The highest BCUT2D eigenvalue weighted by Gasteiger charge is 2.40. The molecule has 0 aliphatic carbocycles. The molecule has 0 spiro atoms. The topological polar surface area (TPSA) is 66.4 Å². The van der Waals surface area contributed by atoms with Crippen molar-refractivity contribution >= 4 is 11.9 Å². The first-order valence-electron chi connectivity index (χ1n) is 5.15. The molecule has 0 bridgehead atoms. The van der Waals surface area contributed by atoms with E-state index in [1.54, 1.807) is 0 Å². The summed E-state index contributed by atoms with van der Waals surface area (Å²) in [6.07, 6.45) is -6.22. The van der Waals surface area contributed by atoms with E-state index in [1.807, 2.05) is 0 Å². The van der Waals surface area contributed by atoms with Crippen LogP contribution in [-0.4, -0.2) is 23.2 Å². The molecular weight excluding hydrogens is 289 g/mol. The Labute approximate surface area is 109 Å². The van der Waals surface area contributed by atoms with E-state index in [-0.39, 0.29) is 0 Å². The molecule has 4 nitrogen and oxygen atoms in total. The predicted molar refractivity (Wildman–Crippen MR) is 55.5 cm³/mol. The van der Waals surface area contributed by atoms with Gasteiger partial charge in [-0.3, -0.25) is 9.59 Å². The molecule has 0 aromatic heterocycles. The number of benzene rings is 1. The number of rotatable bonds is 4. The monoisotopic (exact) mass is 297 g/mol. The van der Waals surface area contributed by atoms with E-state index in [0.29, 0.717) is 6.07 Å². The van der Waals surface area contributed by atoms with Crippen LogP contribution in [0.1, 0.15) is 18.0 Å². The van der Waals surface area contributed by atoms with Crippen LogP contribution in [0.2, 0.25) is 0 Å². The Bertz CT molecular complexity index is 529. The first-order valence-corrected chi connectivity index (χ1v) is 5.15. The van der Waals surface area contributed by atoms with Crippen LogP contribution in [0.15, 0.2) is 18.2 Å². The van der Waals surface area contributed by atoms with Crippen LogP contribution in [0.3, 0.4) is 0 Å². The van der Waals surface area contributed by atoms with Crippen LogP contribution >= 0.6 is 0 Å². The number of aliphatic carboxylic acids is 1. The number of carboxylic acid groups (broad SMARTS) is 1. The van der Waals surface area contributed by atoms with Crippen LogP contribution in [0.4, 0.5) is 22.0 Å². The number of amides is 1. The van der Waals surface area contributed by atoms with Gasteiger partial charge in [-0.1, -0.05) is 6.07 Å². The van der Waals surface area contributed by atoms with Crippen LogP contribution < -0.4 is 5.32 Å². The number of alkyl halides is 3. The Morgan fingerprint density at radius 3 is 2.30 bits per heavy atom. The van der Waals surface area contributed by atoms with Crippen LogP contribution in [-0.2, 0) is 9.59 Å². The highest BCUT2D eigenvalue weighted by molar-refractivity contribution is 5.82. The highest BCUT2D eigenvalue weighted by atomic mass is 19.4. The number of carbonyl (C=O) groups is 2. The van der Waals surface area contributed by atoms with E-state index < -0.39 is 47.7 Å². The summed E-state index contributed by atoms with van der Waals surface area (Å²) in [6, 6.07) is 0.133. The molecule has 0 saturated carbocycles. The summed E-state index contributed by atoms with van der Waals surface area (Å²) >= 11 is 0. The average Bonchev–Trinajstić information content (AvgIpc) is 2.26. The van der Waals surface area contributed by atoms with Crippen LogP contribution in [0.25, 0.3) is 0 Å². The fraction of sp³-hybridized carbons (Fsp3) is 0.273. The van der Waals surface area contributed by atoms with Crippen molar-refractivity contribution < 1.29 is 36.6 Å². The molecule has 0 saturated heterocycles. The summed E-state index contributed by atoms with van der Waals surface area (Å²) in [7, 11) is 0. The van der Waals surface area contributed by atoms with Gasteiger partial charge in [0.15, 0.2) is 0 Å². The molecule has 0 heterocycles. The molecular formula is C11H8F5NO3. The molecule has 0 radical (unpaired) electrons. The molecule has 1 atom stereocenters. The van der Waals surface area contributed by atoms with Gasteiger partial charge in [-0.15, -0.1) is 0 Å². The van der Waals surface area contributed by atoms with Gasteiger partial charge in [0.25, 0.3) is 0 Å². The first kappa shape index (κ1) is 15.9. The Hall–Kier alpha value is -2.19. The number of halogens is 5. The van der Waals surface area contributed by atoms with Gasteiger partial charge < -0.3 is 10.4 Å². The highest BCUT2D eigenvalue weighted by Crippen LogP contribution is 2.23. The third-order valence-corrected chi connectivity index (χ3v) is 2.28.